The Morgan fingerprint density at radius 3 is 2.46 bits per heavy atom. The third-order valence-electron chi connectivity index (χ3n) is 11.5. The molecule has 1 aromatic carbocycles. The normalized spacial score (nSPS) is 25.8. The number of carbonyl (C=O) groups excluding carboxylic acids is 4. The van der Waals surface area contributed by atoms with Gasteiger partial charge in [0.15, 0.2) is 5.69 Å². The van der Waals surface area contributed by atoms with Gasteiger partial charge in [-0.1, -0.05) is 37.1 Å². The molecule has 16 nitrogen and oxygen atoms in total. The fraction of sp³-hybridized carbons (Fsp3) is 0.610. The number of imidazole rings is 1. The number of aryl methyl sites for hydroxylation is 1. The van der Waals surface area contributed by atoms with Crippen LogP contribution in [-0.2, 0) is 42.4 Å². The number of hydrogen-bond acceptors (Lipinski definition) is 10. The number of halogens is 3. The minimum absolute atomic E-state index is 0.0832. The van der Waals surface area contributed by atoms with E-state index in [1.54, 1.807) is 43.5 Å². The fourth-order valence-electron chi connectivity index (χ4n) is 8.19. The van der Waals surface area contributed by atoms with Crippen molar-refractivity contribution in [3.05, 3.63) is 42.1 Å². The van der Waals surface area contributed by atoms with Crippen molar-refractivity contribution in [2.45, 2.75) is 139 Å². The highest BCUT2D eigenvalue weighted by atomic mass is 32.2. The molecule has 2 aromatic heterocycles. The largest absolute Gasteiger partial charge is 0.459 e. The predicted molar refractivity (Wildman–Crippen MR) is 216 cm³/mol. The van der Waals surface area contributed by atoms with Crippen LogP contribution in [-0.4, -0.2) is 97.6 Å². The zero-order chi connectivity index (χ0) is 44.2. The van der Waals surface area contributed by atoms with Gasteiger partial charge in [0.1, 0.15) is 34.8 Å². The standard InChI is InChI=1S/C41H53F3N8O8S/c1-23(2)52-29-16-12-14-27(30-20-32(41(42,43)44)48-50(30)6)33(29)46-37(52)59-25-19-31-34(53)47-40(36(55)49-61(57,58)26-17-18-26)21-24(40)13-10-8-7-9-11-15-28(35(54)51(31)22-25)45-38(56)60-39(3,4)5/h10,12-14,16,20,23-26,28,31H,7-9,11,15,17-19,21-22H2,1-6H3,(H,45,56)(H,47,53)(H,49,55)/b13-10-/t24-,25-,28+,31+,40-/m1/s1. The molecule has 61 heavy (non-hydrogen) atoms. The van der Waals surface area contributed by atoms with Gasteiger partial charge in [-0.15, -0.1) is 0 Å². The van der Waals surface area contributed by atoms with Crippen molar-refractivity contribution in [3.63, 3.8) is 0 Å². The number of nitrogens with zero attached hydrogens (tertiary/aromatic N) is 5. The number of para-hydroxylation sites is 1. The summed E-state index contributed by atoms with van der Waals surface area (Å²) in [6, 6.07) is 3.53. The van der Waals surface area contributed by atoms with Gasteiger partial charge in [-0.05, 0) is 85.3 Å². The van der Waals surface area contributed by atoms with Crippen LogP contribution in [0.25, 0.3) is 22.3 Å². The van der Waals surface area contributed by atoms with E-state index in [2.05, 4.69) is 20.5 Å². The Bertz CT molecular complexity index is 2350. The third kappa shape index (κ3) is 9.38. The van der Waals surface area contributed by atoms with Crippen molar-refractivity contribution in [2.24, 2.45) is 13.0 Å². The Hall–Kier alpha value is -5.14. The quantitative estimate of drug-likeness (QED) is 0.251. The third-order valence-corrected chi connectivity index (χ3v) is 13.3. The second-order valence-electron chi connectivity index (χ2n) is 17.8. The fourth-order valence-corrected chi connectivity index (χ4v) is 9.55. The molecule has 1 saturated heterocycles. The summed E-state index contributed by atoms with van der Waals surface area (Å²) in [5.74, 6) is -2.64. The zero-order valence-corrected chi connectivity index (χ0v) is 35.9. The van der Waals surface area contributed by atoms with Crippen LogP contribution in [0.15, 0.2) is 36.4 Å². The molecule has 4 aliphatic rings. The highest BCUT2D eigenvalue weighted by Gasteiger charge is 2.62. The number of alkyl carbamates (subject to hydrolysis) is 1. The van der Waals surface area contributed by atoms with E-state index in [1.807, 2.05) is 26.0 Å². The smallest absolute Gasteiger partial charge is 0.435 e. The van der Waals surface area contributed by atoms with Gasteiger partial charge in [-0.25, -0.2) is 13.2 Å². The summed E-state index contributed by atoms with van der Waals surface area (Å²) in [7, 11) is -2.55. The van der Waals surface area contributed by atoms with E-state index in [1.165, 1.54) is 11.9 Å². The topological polar surface area (TPSA) is 196 Å². The summed E-state index contributed by atoms with van der Waals surface area (Å²) in [6.45, 7) is 8.69. The maximum atomic E-state index is 14.6. The molecule has 0 bridgehead atoms. The molecule has 332 valence electrons. The molecule has 4 amide bonds. The molecule has 3 aromatic rings. The molecule has 2 aliphatic heterocycles. The van der Waals surface area contributed by atoms with Gasteiger partial charge in [0.05, 0.1) is 23.0 Å². The Morgan fingerprint density at radius 1 is 1.07 bits per heavy atom. The van der Waals surface area contributed by atoms with Crippen LogP contribution in [0.5, 0.6) is 6.01 Å². The molecule has 2 saturated carbocycles. The Kier molecular flexibility index (Phi) is 11.7. The number of sulfonamides is 1. The first-order valence-electron chi connectivity index (χ1n) is 20.7. The second-order valence-corrected chi connectivity index (χ2v) is 19.7. The van der Waals surface area contributed by atoms with Gasteiger partial charge in [0.25, 0.3) is 11.9 Å². The maximum Gasteiger partial charge on any atom is 0.435 e. The van der Waals surface area contributed by atoms with E-state index in [0.29, 0.717) is 48.7 Å². The molecule has 20 heteroatoms. The second kappa shape index (κ2) is 16.3. The lowest BCUT2D eigenvalue weighted by atomic mass is 10.0. The van der Waals surface area contributed by atoms with Crippen molar-refractivity contribution >= 4 is 44.9 Å². The number of ether oxygens (including phenoxy) is 2. The van der Waals surface area contributed by atoms with Crippen LogP contribution in [0, 0.1) is 5.92 Å². The molecule has 7 rings (SSSR count). The predicted octanol–water partition coefficient (Wildman–Crippen LogP) is 5.28. The van der Waals surface area contributed by atoms with E-state index in [4.69, 9.17) is 14.5 Å². The number of benzene rings is 1. The molecule has 4 heterocycles. The van der Waals surface area contributed by atoms with Crippen molar-refractivity contribution in [1.82, 2.24) is 39.6 Å². The molecule has 0 unspecified atom stereocenters. The van der Waals surface area contributed by atoms with Gasteiger partial charge < -0.3 is 25.0 Å². The summed E-state index contributed by atoms with van der Waals surface area (Å²) >= 11 is 0. The SMILES string of the molecule is CC(C)n1c(O[C@@H]2C[C@H]3C(=O)N[C@]4(C(=O)NS(=O)(=O)C5CC5)C[C@H]4/C=C\CCCCC[C@H](NC(=O)OC(C)(C)C)C(=O)N3C2)nc2c(-c3cc(C(F)(F)F)nn3C)cccc21. The van der Waals surface area contributed by atoms with Crippen molar-refractivity contribution < 1.29 is 50.2 Å². The van der Waals surface area contributed by atoms with Crippen molar-refractivity contribution in [1.29, 1.82) is 0 Å². The van der Waals surface area contributed by atoms with E-state index >= 15 is 0 Å². The van der Waals surface area contributed by atoms with E-state index in [-0.39, 0.29) is 43.6 Å². The Labute approximate surface area is 352 Å². The van der Waals surface area contributed by atoms with Gasteiger partial charge in [0, 0.05) is 31.0 Å². The monoisotopic (exact) mass is 874 g/mol. The number of rotatable bonds is 8. The summed E-state index contributed by atoms with van der Waals surface area (Å²) in [5.41, 5.74) is -2.07. The minimum Gasteiger partial charge on any atom is -0.459 e. The summed E-state index contributed by atoms with van der Waals surface area (Å²) in [4.78, 5) is 62.2. The minimum atomic E-state index is -4.67. The number of hydrogen-bond donors (Lipinski definition) is 3. The summed E-state index contributed by atoms with van der Waals surface area (Å²) in [6.07, 6.45) is 1.17. The first-order chi connectivity index (χ1) is 28.6. The molecule has 5 atom stereocenters. The van der Waals surface area contributed by atoms with Crippen molar-refractivity contribution in [2.75, 3.05) is 6.54 Å². The number of carbonyl (C=O) groups is 4. The van der Waals surface area contributed by atoms with Gasteiger partial charge in [-0.3, -0.25) is 28.4 Å². The number of alkyl halides is 3. The van der Waals surface area contributed by atoms with Crippen LogP contribution in [0.3, 0.4) is 0 Å². The van der Waals surface area contributed by atoms with Crippen molar-refractivity contribution in [3.8, 4) is 17.3 Å². The summed E-state index contributed by atoms with van der Waals surface area (Å²) < 4.78 is 84.0. The number of fused-ring (bicyclic) bond motifs is 3. The number of allylic oxidation sites excluding steroid dienone is 1. The zero-order valence-electron chi connectivity index (χ0n) is 35.0. The lowest BCUT2D eigenvalue weighted by molar-refractivity contribution is -0.141. The van der Waals surface area contributed by atoms with Crippen LogP contribution >= 0.6 is 0 Å². The van der Waals surface area contributed by atoms with Gasteiger partial charge in [0.2, 0.25) is 21.8 Å². The summed E-state index contributed by atoms with van der Waals surface area (Å²) in [5, 5.41) is 8.54. The van der Waals surface area contributed by atoms with E-state index < -0.39 is 86.2 Å². The molecular weight excluding hydrogens is 822 g/mol. The Balaban J connectivity index is 1.23. The van der Waals surface area contributed by atoms with Crippen LogP contribution in [0.1, 0.15) is 104 Å². The van der Waals surface area contributed by atoms with Crippen LogP contribution < -0.4 is 20.1 Å². The molecule has 3 N–H and O–H groups in total. The number of nitrogens with one attached hydrogen (secondary N) is 3. The molecular formula is C41H53F3N8O8S. The lowest BCUT2D eigenvalue weighted by Gasteiger charge is -2.30. The average Bonchev–Trinajstić information content (AvgIpc) is 4.00. The molecule has 0 radical (unpaired) electrons. The van der Waals surface area contributed by atoms with Crippen LogP contribution in [0.4, 0.5) is 18.0 Å². The number of amides is 4. The molecule has 2 aliphatic carbocycles. The number of aromatic nitrogens is 4. The Morgan fingerprint density at radius 2 is 1.80 bits per heavy atom. The maximum absolute atomic E-state index is 14.6. The van der Waals surface area contributed by atoms with Crippen LogP contribution in [0.2, 0.25) is 0 Å². The molecule has 0 spiro atoms. The van der Waals surface area contributed by atoms with E-state index in [0.717, 1.165) is 17.2 Å². The highest BCUT2D eigenvalue weighted by Crippen LogP contribution is 2.46. The van der Waals surface area contributed by atoms with E-state index in [9.17, 15) is 40.8 Å². The first-order valence-corrected chi connectivity index (χ1v) is 22.3. The first kappa shape index (κ1) is 43.9. The van der Waals surface area contributed by atoms with Gasteiger partial charge in [-0.2, -0.15) is 23.3 Å². The lowest BCUT2D eigenvalue weighted by Crippen LogP contribution is -2.58. The van der Waals surface area contributed by atoms with Gasteiger partial charge >= 0.3 is 12.3 Å². The molecule has 3 fully saturated rings. The average molecular weight is 875 g/mol. The highest BCUT2D eigenvalue weighted by molar-refractivity contribution is 7.91.